The van der Waals surface area contributed by atoms with Gasteiger partial charge in [-0.3, -0.25) is 11.3 Å². The van der Waals surface area contributed by atoms with E-state index in [1.807, 2.05) is 0 Å². The molecule has 0 aromatic heterocycles. The molecule has 1 unspecified atom stereocenters. The molecule has 0 bridgehead atoms. The number of nitrogens with two attached hydrogens (primary N) is 1. The monoisotopic (exact) mass is 248 g/mol. The molecule has 0 radical (unpaired) electrons. The van der Waals surface area contributed by atoms with Crippen molar-refractivity contribution >= 4 is 0 Å². The van der Waals surface area contributed by atoms with Crippen molar-refractivity contribution in [1.29, 1.82) is 0 Å². The lowest BCUT2D eigenvalue weighted by Crippen LogP contribution is -2.35. The van der Waals surface area contributed by atoms with Gasteiger partial charge in [0.25, 0.3) is 0 Å². The van der Waals surface area contributed by atoms with E-state index in [0.29, 0.717) is 6.04 Å². The van der Waals surface area contributed by atoms with E-state index in [9.17, 15) is 0 Å². The van der Waals surface area contributed by atoms with Gasteiger partial charge in [-0.15, -0.1) is 0 Å². The van der Waals surface area contributed by atoms with Gasteiger partial charge in [0, 0.05) is 6.04 Å². The van der Waals surface area contributed by atoms with E-state index in [2.05, 4.69) is 50.5 Å². The Morgan fingerprint density at radius 1 is 1.06 bits per heavy atom. The van der Waals surface area contributed by atoms with Gasteiger partial charge in [0.1, 0.15) is 0 Å². The van der Waals surface area contributed by atoms with Gasteiger partial charge in [0.2, 0.25) is 0 Å². The molecule has 18 heavy (non-hydrogen) atoms. The lowest BCUT2D eigenvalue weighted by Gasteiger charge is -2.16. The van der Waals surface area contributed by atoms with Crippen LogP contribution in [0, 0.1) is 12.8 Å². The van der Waals surface area contributed by atoms with Crippen molar-refractivity contribution in [2.75, 3.05) is 0 Å². The van der Waals surface area contributed by atoms with Crippen LogP contribution in [-0.4, -0.2) is 6.04 Å². The van der Waals surface area contributed by atoms with E-state index in [0.717, 1.165) is 18.8 Å². The fourth-order valence-electron chi connectivity index (χ4n) is 2.18. The molecule has 0 heterocycles. The number of hydrazine groups is 1. The van der Waals surface area contributed by atoms with Gasteiger partial charge >= 0.3 is 0 Å². The van der Waals surface area contributed by atoms with Crippen LogP contribution in [0.3, 0.4) is 0 Å². The van der Waals surface area contributed by atoms with Crippen LogP contribution in [0.5, 0.6) is 0 Å². The number of hydrogen-bond acceptors (Lipinski definition) is 2. The van der Waals surface area contributed by atoms with Crippen molar-refractivity contribution in [1.82, 2.24) is 5.43 Å². The molecular weight excluding hydrogens is 220 g/mol. The molecule has 0 fully saturated rings. The summed E-state index contributed by atoms with van der Waals surface area (Å²) >= 11 is 0. The summed E-state index contributed by atoms with van der Waals surface area (Å²) in [4.78, 5) is 0. The van der Waals surface area contributed by atoms with Gasteiger partial charge in [0.05, 0.1) is 0 Å². The average Bonchev–Trinajstić information content (AvgIpc) is 2.35. The summed E-state index contributed by atoms with van der Waals surface area (Å²) in [6, 6.07) is 9.25. The highest BCUT2D eigenvalue weighted by molar-refractivity contribution is 5.21. The van der Waals surface area contributed by atoms with Crippen molar-refractivity contribution in [3.63, 3.8) is 0 Å². The number of benzene rings is 1. The molecular formula is C16H28N2. The molecule has 2 nitrogen and oxygen atoms in total. The van der Waals surface area contributed by atoms with Crippen LogP contribution >= 0.6 is 0 Å². The Labute approximate surface area is 112 Å². The van der Waals surface area contributed by atoms with E-state index in [4.69, 9.17) is 5.84 Å². The van der Waals surface area contributed by atoms with Crippen molar-refractivity contribution < 1.29 is 0 Å². The van der Waals surface area contributed by atoms with Gasteiger partial charge in [-0.25, -0.2) is 0 Å². The quantitative estimate of drug-likeness (QED) is 0.545. The van der Waals surface area contributed by atoms with E-state index in [1.165, 1.54) is 30.4 Å². The van der Waals surface area contributed by atoms with Crippen LogP contribution in [0.15, 0.2) is 24.3 Å². The van der Waals surface area contributed by atoms with Crippen LogP contribution in [0.2, 0.25) is 0 Å². The van der Waals surface area contributed by atoms with Gasteiger partial charge < -0.3 is 0 Å². The maximum Gasteiger partial charge on any atom is 0.0213 e. The molecule has 1 aromatic rings. The molecule has 0 amide bonds. The molecule has 0 aliphatic carbocycles. The Bertz CT molecular complexity index is 316. The summed E-state index contributed by atoms with van der Waals surface area (Å²) in [5, 5.41) is 0. The van der Waals surface area contributed by atoms with Crippen LogP contribution in [0.25, 0.3) is 0 Å². The molecule has 0 saturated heterocycles. The number of aryl methyl sites for hydroxylation is 2. The summed E-state index contributed by atoms with van der Waals surface area (Å²) in [6.45, 7) is 6.67. The highest BCUT2D eigenvalue weighted by Gasteiger charge is 2.07. The van der Waals surface area contributed by atoms with Crippen molar-refractivity contribution in [2.24, 2.45) is 11.8 Å². The second kappa shape index (κ2) is 8.28. The molecule has 0 saturated carbocycles. The molecule has 1 rings (SSSR count). The van der Waals surface area contributed by atoms with Crippen LogP contribution in [0.1, 0.15) is 50.7 Å². The van der Waals surface area contributed by atoms with Crippen molar-refractivity contribution in [3.8, 4) is 0 Å². The third-order valence-corrected chi connectivity index (χ3v) is 3.47. The standard InChI is InChI=1S/C16H28N2/c1-13(2)5-4-6-16(18-17)12-11-15-9-7-14(3)8-10-15/h7-10,13,16,18H,4-6,11-12,17H2,1-3H3. The first kappa shape index (κ1) is 15.2. The Kier molecular flexibility index (Phi) is 6.99. The highest BCUT2D eigenvalue weighted by Crippen LogP contribution is 2.13. The largest absolute Gasteiger partial charge is 0.271 e. The van der Waals surface area contributed by atoms with E-state index >= 15 is 0 Å². The minimum absolute atomic E-state index is 0.449. The maximum absolute atomic E-state index is 5.63. The van der Waals surface area contributed by atoms with Crippen molar-refractivity contribution in [3.05, 3.63) is 35.4 Å². The third kappa shape index (κ3) is 6.18. The predicted octanol–water partition coefficient (Wildman–Crippen LogP) is 3.59. The van der Waals surface area contributed by atoms with Gasteiger partial charge in [-0.1, -0.05) is 56.5 Å². The van der Waals surface area contributed by atoms with Crippen molar-refractivity contribution in [2.45, 2.75) is 58.9 Å². The molecule has 1 atom stereocenters. The van der Waals surface area contributed by atoms with Gasteiger partial charge in [0.15, 0.2) is 0 Å². The molecule has 3 N–H and O–H groups in total. The Hall–Kier alpha value is -0.860. The Morgan fingerprint density at radius 3 is 2.28 bits per heavy atom. The second-order valence-corrected chi connectivity index (χ2v) is 5.71. The minimum Gasteiger partial charge on any atom is -0.271 e. The van der Waals surface area contributed by atoms with E-state index in [1.54, 1.807) is 0 Å². The van der Waals surface area contributed by atoms with E-state index in [-0.39, 0.29) is 0 Å². The number of nitrogens with one attached hydrogen (secondary N) is 1. The topological polar surface area (TPSA) is 38.0 Å². The second-order valence-electron chi connectivity index (χ2n) is 5.71. The minimum atomic E-state index is 0.449. The summed E-state index contributed by atoms with van der Waals surface area (Å²) in [5.74, 6) is 6.42. The van der Waals surface area contributed by atoms with E-state index < -0.39 is 0 Å². The van der Waals surface area contributed by atoms with Crippen LogP contribution < -0.4 is 11.3 Å². The fourth-order valence-corrected chi connectivity index (χ4v) is 2.18. The smallest absolute Gasteiger partial charge is 0.0213 e. The third-order valence-electron chi connectivity index (χ3n) is 3.47. The first-order valence-corrected chi connectivity index (χ1v) is 7.13. The zero-order valence-electron chi connectivity index (χ0n) is 12.1. The van der Waals surface area contributed by atoms with Crippen LogP contribution in [-0.2, 0) is 6.42 Å². The molecule has 0 spiro atoms. The lowest BCUT2D eigenvalue weighted by molar-refractivity contribution is 0.424. The first-order chi connectivity index (χ1) is 8.61. The van der Waals surface area contributed by atoms with Crippen LogP contribution in [0.4, 0.5) is 0 Å². The van der Waals surface area contributed by atoms with Gasteiger partial charge in [-0.05, 0) is 37.7 Å². The first-order valence-electron chi connectivity index (χ1n) is 7.13. The predicted molar refractivity (Wildman–Crippen MR) is 79.3 cm³/mol. The zero-order valence-corrected chi connectivity index (χ0v) is 12.1. The SMILES string of the molecule is Cc1ccc(CCC(CCCC(C)C)NN)cc1. The fraction of sp³-hybridized carbons (Fsp3) is 0.625. The summed E-state index contributed by atoms with van der Waals surface area (Å²) in [5.41, 5.74) is 5.69. The van der Waals surface area contributed by atoms with Gasteiger partial charge in [-0.2, -0.15) is 0 Å². The molecule has 2 heteroatoms. The average molecular weight is 248 g/mol. The molecule has 0 aliphatic heterocycles. The Morgan fingerprint density at radius 2 is 1.72 bits per heavy atom. The summed E-state index contributed by atoms with van der Waals surface area (Å²) < 4.78 is 0. The summed E-state index contributed by atoms with van der Waals surface area (Å²) in [7, 11) is 0. The Balaban J connectivity index is 2.28. The maximum atomic E-state index is 5.63. The number of hydrogen-bond donors (Lipinski definition) is 2. The summed E-state index contributed by atoms with van der Waals surface area (Å²) in [6.07, 6.45) is 5.97. The number of rotatable bonds is 8. The zero-order chi connectivity index (χ0) is 13.4. The highest BCUT2D eigenvalue weighted by atomic mass is 15.2. The lowest BCUT2D eigenvalue weighted by atomic mass is 9.98. The molecule has 0 aliphatic rings. The normalized spacial score (nSPS) is 12.9. The molecule has 1 aromatic carbocycles. The molecule has 102 valence electrons.